The van der Waals surface area contributed by atoms with Gasteiger partial charge in [-0.05, 0) is 140 Å². The Morgan fingerprint density at radius 1 is 0.371 bits per heavy atom. The lowest BCUT2D eigenvalue weighted by Crippen LogP contribution is -1.98. The molecule has 0 bridgehead atoms. The van der Waals surface area contributed by atoms with Crippen LogP contribution in [0, 0.1) is 0 Å². The van der Waals surface area contributed by atoms with Crippen LogP contribution in [0.15, 0.2) is 93.3 Å². The third-order valence-corrected chi connectivity index (χ3v) is 15.8. The molecule has 35 heavy (non-hydrogen) atoms. The largest absolute Gasteiger partial charge is 0.454 e. The highest BCUT2D eigenvalue weighted by Gasteiger charge is 2.28. The normalized spacial score (nSPS) is 11.1. The molecule has 0 unspecified atom stereocenters. The van der Waals surface area contributed by atoms with Crippen molar-refractivity contribution in [3.8, 4) is 33.8 Å². The Bertz CT molecular complexity index is 1370. The van der Waals surface area contributed by atoms with Crippen LogP contribution < -0.4 is 4.74 Å². The Labute approximate surface area is 286 Å². The number of hydrogen-bond acceptors (Lipinski definition) is 1. The lowest BCUT2D eigenvalue weighted by atomic mass is 10.0. The van der Waals surface area contributed by atoms with Crippen molar-refractivity contribution in [3.05, 3.63) is 93.3 Å². The highest BCUT2D eigenvalue weighted by atomic mass is 79.9. The molecule has 4 rings (SSSR count). The van der Waals surface area contributed by atoms with E-state index in [-0.39, 0.29) is 0 Å². The predicted molar refractivity (Wildman–Crippen MR) is 181 cm³/mol. The van der Waals surface area contributed by atoms with E-state index in [9.17, 15) is 0 Å². The van der Waals surface area contributed by atoms with Crippen molar-refractivity contribution >= 4 is 159 Å². The van der Waals surface area contributed by atoms with Crippen molar-refractivity contribution < 1.29 is 4.74 Å². The second-order valence-electron chi connectivity index (χ2n) is 6.98. The molecule has 180 valence electrons. The minimum absolute atomic E-state index is 0.633. The summed E-state index contributed by atoms with van der Waals surface area (Å²) in [5, 5.41) is 0. The summed E-state index contributed by atoms with van der Waals surface area (Å²) in [6.45, 7) is 0. The van der Waals surface area contributed by atoms with Crippen LogP contribution in [0.5, 0.6) is 11.5 Å². The summed E-state index contributed by atoms with van der Waals surface area (Å²) >= 11 is 37.3. The Kier molecular flexibility index (Phi) is 10.4. The molecule has 0 N–H and O–H groups in total. The van der Waals surface area contributed by atoms with Crippen LogP contribution in [0.4, 0.5) is 0 Å². The molecular weight excluding hydrogens is 1100 g/mol. The van der Waals surface area contributed by atoms with Crippen molar-refractivity contribution in [3.63, 3.8) is 0 Å². The van der Waals surface area contributed by atoms with Crippen LogP contribution in [0.3, 0.4) is 0 Å². The molecule has 0 radical (unpaired) electrons. The molecule has 0 heterocycles. The maximum absolute atomic E-state index is 6.86. The molecule has 4 aromatic rings. The second kappa shape index (κ2) is 12.3. The van der Waals surface area contributed by atoms with Gasteiger partial charge < -0.3 is 4.74 Å². The first-order valence-corrected chi connectivity index (χ1v) is 17.4. The van der Waals surface area contributed by atoms with Crippen LogP contribution in [-0.2, 0) is 0 Å². The molecule has 0 aliphatic carbocycles. The highest BCUT2D eigenvalue weighted by molar-refractivity contribution is 9.16. The maximum Gasteiger partial charge on any atom is 0.151 e. The van der Waals surface area contributed by atoms with Gasteiger partial charge in [-0.1, -0.05) is 68.3 Å². The lowest BCUT2D eigenvalue weighted by molar-refractivity contribution is 0.478. The van der Waals surface area contributed by atoms with Gasteiger partial charge in [-0.15, -0.1) is 0 Å². The molecule has 0 aliphatic heterocycles. The molecule has 0 aromatic heterocycles. The predicted octanol–water partition coefficient (Wildman–Crippen LogP) is 14.4. The fourth-order valence-corrected chi connectivity index (χ4v) is 9.04. The zero-order valence-electron chi connectivity index (χ0n) is 16.8. The van der Waals surface area contributed by atoms with E-state index < -0.39 is 0 Å². The third kappa shape index (κ3) is 5.71. The highest BCUT2D eigenvalue weighted by Crippen LogP contribution is 2.57. The van der Waals surface area contributed by atoms with Gasteiger partial charge in [0, 0.05) is 49.1 Å². The van der Waals surface area contributed by atoms with Crippen molar-refractivity contribution in [2.75, 3.05) is 0 Å². The second-order valence-corrected chi connectivity index (χ2v) is 15.0. The van der Waals surface area contributed by atoms with Gasteiger partial charge in [0.2, 0.25) is 0 Å². The van der Waals surface area contributed by atoms with E-state index in [1.807, 2.05) is 48.5 Å². The van der Waals surface area contributed by atoms with Gasteiger partial charge in [0.25, 0.3) is 0 Å². The molecule has 4 aromatic carbocycles. The summed E-state index contributed by atoms with van der Waals surface area (Å²) in [5.74, 6) is 1.27. The fourth-order valence-electron chi connectivity index (χ4n) is 3.33. The quantitative estimate of drug-likeness (QED) is 0.146. The summed E-state index contributed by atoms with van der Waals surface area (Å²) in [5.41, 5.74) is 3.69. The zero-order valence-corrected chi connectivity index (χ0v) is 32.7. The molecule has 0 amide bonds. The molecule has 1 nitrogen and oxygen atoms in total. The van der Waals surface area contributed by atoms with E-state index in [0.717, 1.165) is 67.0 Å². The van der Waals surface area contributed by atoms with Crippen molar-refractivity contribution in [2.45, 2.75) is 0 Å². The number of rotatable bonds is 4. The minimum Gasteiger partial charge on any atom is -0.454 e. The minimum atomic E-state index is 0.633. The fraction of sp³-hybridized carbons (Fsp3) is 0. The zero-order chi connectivity index (χ0) is 25.6. The third-order valence-electron chi connectivity index (χ3n) is 4.94. The van der Waals surface area contributed by atoms with Crippen LogP contribution in [0.25, 0.3) is 22.3 Å². The molecule has 0 fully saturated rings. The summed E-state index contributed by atoms with van der Waals surface area (Å²) in [6, 6.07) is 16.0. The number of ether oxygens (including phenoxy) is 1. The van der Waals surface area contributed by atoms with Gasteiger partial charge in [0.05, 0.1) is 17.9 Å². The molecule has 0 aliphatic rings. The SMILES string of the molecule is Brc1ccccc1-c1c(Br)c(Br)c(Br)c(Br)c1Oc1c(Br)c(Br)c(Br)c(Br)c1-c1ccccc1Br. The smallest absolute Gasteiger partial charge is 0.151 e. The van der Waals surface area contributed by atoms with Gasteiger partial charge in [-0.25, -0.2) is 0 Å². The molecular formula is C24H8Br10O. The Morgan fingerprint density at radius 2 is 0.686 bits per heavy atom. The van der Waals surface area contributed by atoms with Gasteiger partial charge >= 0.3 is 0 Å². The Hall–Kier alpha value is 1.48. The average molecular weight is 1110 g/mol. The van der Waals surface area contributed by atoms with E-state index in [0.29, 0.717) is 11.5 Å². The topological polar surface area (TPSA) is 9.23 Å². The summed E-state index contributed by atoms with van der Waals surface area (Å²) in [4.78, 5) is 0. The van der Waals surface area contributed by atoms with Crippen LogP contribution in [0.1, 0.15) is 0 Å². The first-order chi connectivity index (χ1) is 16.6. The molecule has 0 atom stereocenters. The summed E-state index contributed by atoms with van der Waals surface area (Å²) < 4.78 is 15.3. The van der Waals surface area contributed by atoms with E-state index >= 15 is 0 Å². The number of halogens is 10. The summed E-state index contributed by atoms with van der Waals surface area (Å²) in [6.07, 6.45) is 0. The van der Waals surface area contributed by atoms with Crippen molar-refractivity contribution in [1.82, 2.24) is 0 Å². The van der Waals surface area contributed by atoms with Crippen LogP contribution in [0.2, 0.25) is 0 Å². The Balaban J connectivity index is 2.10. The van der Waals surface area contributed by atoms with Gasteiger partial charge in [-0.2, -0.15) is 0 Å². The van der Waals surface area contributed by atoms with E-state index in [1.165, 1.54) is 0 Å². The maximum atomic E-state index is 6.86. The first kappa shape index (κ1) is 29.5. The molecule has 0 saturated heterocycles. The van der Waals surface area contributed by atoms with Crippen molar-refractivity contribution in [1.29, 1.82) is 0 Å². The number of benzene rings is 4. The molecule has 0 spiro atoms. The van der Waals surface area contributed by atoms with Crippen molar-refractivity contribution in [2.24, 2.45) is 0 Å². The first-order valence-electron chi connectivity index (χ1n) is 9.45. The van der Waals surface area contributed by atoms with E-state index in [4.69, 9.17) is 4.74 Å². The standard InChI is InChI=1S/C24H8Br10O/c25-11-7-3-1-5-9(11)13-15(27)17(29)19(31)21(33)23(13)35-24-14(10-6-2-4-8-12(10)26)16(28)18(30)20(32)22(24)34/h1-8H. The van der Waals surface area contributed by atoms with E-state index in [2.05, 4.69) is 159 Å². The molecule has 0 saturated carbocycles. The Morgan fingerprint density at radius 3 is 1.03 bits per heavy atom. The van der Waals surface area contributed by atoms with Crippen LogP contribution in [-0.4, -0.2) is 0 Å². The molecule has 11 heteroatoms. The lowest BCUT2D eigenvalue weighted by Gasteiger charge is -2.23. The monoisotopic (exact) mass is 1100 g/mol. The average Bonchev–Trinajstić information content (AvgIpc) is 2.85. The summed E-state index contributed by atoms with van der Waals surface area (Å²) in [7, 11) is 0. The van der Waals surface area contributed by atoms with Crippen LogP contribution >= 0.6 is 159 Å². The van der Waals surface area contributed by atoms with Gasteiger partial charge in [0.1, 0.15) is 0 Å². The van der Waals surface area contributed by atoms with Gasteiger partial charge in [0.15, 0.2) is 11.5 Å². The van der Waals surface area contributed by atoms with Gasteiger partial charge in [-0.3, -0.25) is 0 Å². The van der Waals surface area contributed by atoms with E-state index in [1.54, 1.807) is 0 Å². The number of hydrogen-bond donors (Lipinski definition) is 0.